The number of hydrogen-bond donors (Lipinski definition) is 0. The first-order valence-electron chi connectivity index (χ1n) is 6.09. The van der Waals surface area contributed by atoms with E-state index in [0.29, 0.717) is 22.9 Å². The minimum Gasteiger partial charge on any atom is -0.294 e. The van der Waals surface area contributed by atoms with Crippen LogP contribution in [-0.2, 0) is 13.0 Å². The second kappa shape index (κ2) is 6.10. The van der Waals surface area contributed by atoms with Crippen molar-refractivity contribution in [3.05, 3.63) is 52.0 Å². The molecule has 1 heterocycles. The summed E-state index contributed by atoms with van der Waals surface area (Å²) in [5.41, 5.74) is 1.55. The zero-order chi connectivity index (χ0) is 13.8. The Labute approximate surface area is 119 Å². The number of nitrogens with zero attached hydrogens (tertiary/aromatic N) is 2. The van der Waals surface area contributed by atoms with Gasteiger partial charge in [-0.3, -0.25) is 9.48 Å². The van der Waals surface area contributed by atoms with Crippen LogP contribution < -0.4 is 0 Å². The molecule has 0 atom stereocenters. The number of aryl methyl sites for hydroxylation is 2. The summed E-state index contributed by atoms with van der Waals surface area (Å²) in [6, 6.07) is 4.12. The number of hydrogen-bond acceptors (Lipinski definition) is 2. The Bertz CT molecular complexity index is 595. The smallest absolute Gasteiger partial charge is 0.164 e. The van der Waals surface area contributed by atoms with E-state index in [0.717, 1.165) is 12.1 Å². The van der Waals surface area contributed by atoms with Gasteiger partial charge in [0.15, 0.2) is 5.78 Å². The molecule has 0 fully saturated rings. The highest BCUT2D eigenvalue weighted by Gasteiger charge is 2.11. The molecule has 0 saturated carbocycles. The third-order valence-electron chi connectivity index (χ3n) is 2.88. The highest BCUT2D eigenvalue weighted by molar-refractivity contribution is 9.10. The van der Waals surface area contributed by atoms with Gasteiger partial charge in [-0.1, -0.05) is 0 Å². The van der Waals surface area contributed by atoms with Crippen LogP contribution in [-0.4, -0.2) is 15.6 Å². The van der Waals surface area contributed by atoms with Crippen molar-refractivity contribution in [2.75, 3.05) is 0 Å². The third kappa shape index (κ3) is 3.50. The average molecular weight is 325 g/mol. The maximum absolute atomic E-state index is 13.0. The zero-order valence-corrected chi connectivity index (χ0v) is 12.2. The first kappa shape index (κ1) is 13.9. The van der Waals surface area contributed by atoms with E-state index in [2.05, 4.69) is 21.0 Å². The van der Waals surface area contributed by atoms with Gasteiger partial charge in [-0.2, -0.15) is 5.10 Å². The summed E-state index contributed by atoms with van der Waals surface area (Å²) in [5, 5.41) is 4.16. The topological polar surface area (TPSA) is 34.9 Å². The summed E-state index contributed by atoms with van der Waals surface area (Å²) in [7, 11) is 0. The lowest BCUT2D eigenvalue weighted by Crippen LogP contribution is -2.02. The maximum Gasteiger partial charge on any atom is 0.164 e. The third-order valence-corrected chi connectivity index (χ3v) is 3.54. The number of benzene rings is 1. The van der Waals surface area contributed by atoms with Crippen molar-refractivity contribution in [3.63, 3.8) is 0 Å². The Morgan fingerprint density at radius 1 is 1.47 bits per heavy atom. The van der Waals surface area contributed by atoms with Gasteiger partial charge < -0.3 is 0 Å². The zero-order valence-electron chi connectivity index (χ0n) is 10.6. The van der Waals surface area contributed by atoms with E-state index in [1.807, 2.05) is 17.8 Å². The van der Waals surface area contributed by atoms with Crippen molar-refractivity contribution in [3.8, 4) is 0 Å². The fourth-order valence-corrected chi connectivity index (χ4v) is 2.39. The van der Waals surface area contributed by atoms with Crippen molar-refractivity contribution in [2.45, 2.75) is 26.3 Å². The number of carbonyl (C=O) groups is 1. The Morgan fingerprint density at radius 2 is 2.26 bits per heavy atom. The largest absolute Gasteiger partial charge is 0.294 e. The molecular weight excluding hydrogens is 311 g/mol. The lowest BCUT2D eigenvalue weighted by Gasteiger charge is -2.03. The Balaban J connectivity index is 2.01. The van der Waals surface area contributed by atoms with Gasteiger partial charge in [0.1, 0.15) is 5.82 Å². The van der Waals surface area contributed by atoms with Gasteiger partial charge in [0.2, 0.25) is 0 Å². The molecule has 19 heavy (non-hydrogen) atoms. The molecule has 0 aliphatic rings. The summed E-state index contributed by atoms with van der Waals surface area (Å²) >= 11 is 3.21. The van der Waals surface area contributed by atoms with Gasteiger partial charge in [-0.15, -0.1) is 0 Å². The van der Waals surface area contributed by atoms with Gasteiger partial charge in [-0.05, 0) is 53.0 Å². The molecule has 1 aromatic carbocycles. The molecule has 0 aliphatic heterocycles. The van der Waals surface area contributed by atoms with E-state index in [9.17, 15) is 9.18 Å². The second-order valence-electron chi connectivity index (χ2n) is 4.25. The van der Waals surface area contributed by atoms with Gasteiger partial charge >= 0.3 is 0 Å². The molecule has 0 saturated heterocycles. The molecule has 0 radical (unpaired) electrons. The molecule has 0 unspecified atom stereocenters. The number of carbonyl (C=O) groups excluding carboxylic acids is 1. The number of Topliss-reactive ketones (excluding diaryl/α,β-unsaturated/α-hetero) is 1. The van der Waals surface area contributed by atoms with Crippen LogP contribution in [0.25, 0.3) is 0 Å². The monoisotopic (exact) mass is 324 g/mol. The van der Waals surface area contributed by atoms with E-state index in [-0.39, 0.29) is 11.6 Å². The summed E-state index contributed by atoms with van der Waals surface area (Å²) in [5.74, 6) is -0.358. The molecule has 1 aromatic heterocycles. The first-order chi connectivity index (χ1) is 9.10. The normalized spacial score (nSPS) is 10.7. The van der Waals surface area contributed by atoms with E-state index in [4.69, 9.17) is 0 Å². The van der Waals surface area contributed by atoms with E-state index in [1.165, 1.54) is 18.2 Å². The molecule has 0 amide bonds. The van der Waals surface area contributed by atoms with Gasteiger partial charge in [-0.25, -0.2) is 4.39 Å². The Kier molecular flexibility index (Phi) is 4.47. The highest BCUT2D eigenvalue weighted by atomic mass is 79.9. The van der Waals surface area contributed by atoms with Crippen LogP contribution in [0, 0.1) is 5.82 Å². The van der Waals surface area contributed by atoms with Crippen LogP contribution in [0.2, 0.25) is 0 Å². The van der Waals surface area contributed by atoms with Gasteiger partial charge in [0.05, 0.1) is 6.20 Å². The van der Waals surface area contributed by atoms with Crippen molar-refractivity contribution in [2.24, 2.45) is 0 Å². The predicted octanol–water partition coefficient (Wildman–Crippen LogP) is 3.62. The SMILES string of the molecule is CCn1cc(CCC(=O)c2ccc(F)cc2Br)cn1. The van der Waals surface area contributed by atoms with Gasteiger partial charge in [0, 0.05) is 29.2 Å². The standard InChI is InChI=1S/C14H14BrFN2O/c1-2-18-9-10(8-17-18)3-6-14(19)12-5-4-11(16)7-13(12)15/h4-5,7-9H,2-3,6H2,1H3. The number of halogens is 2. The quantitative estimate of drug-likeness (QED) is 0.787. The van der Waals surface area contributed by atoms with Crippen LogP contribution >= 0.6 is 15.9 Å². The number of ketones is 1. The lowest BCUT2D eigenvalue weighted by molar-refractivity contribution is 0.0982. The van der Waals surface area contributed by atoms with E-state index in [1.54, 1.807) is 6.20 Å². The molecule has 5 heteroatoms. The summed E-state index contributed by atoms with van der Waals surface area (Å²) in [6.45, 7) is 2.83. The molecule has 100 valence electrons. The van der Waals surface area contributed by atoms with Crippen molar-refractivity contribution in [1.29, 1.82) is 0 Å². The molecule has 2 rings (SSSR count). The van der Waals surface area contributed by atoms with E-state index >= 15 is 0 Å². The minimum absolute atomic E-state index is 0.00359. The first-order valence-corrected chi connectivity index (χ1v) is 6.89. The Hall–Kier alpha value is -1.49. The summed E-state index contributed by atoms with van der Waals surface area (Å²) in [6.07, 6.45) is 4.74. The molecule has 0 N–H and O–H groups in total. The van der Waals surface area contributed by atoms with Crippen LogP contribution in [0.5, 0.6) is 0 Å². The summed E-state index contributed by atoms with van der Waals surface area (Å²) < 4.78 is 15.3. The van der Waals surface area contributed by atoms with Crippen molar-refractivity contribution in [1.82, 2.24) is 9.78 Å². The fourth-order valence-electron chi connectivity index (χ4n) is 1.82. The molecule has 3 nitrogen and oxygen atoms in total. The lowest BCUT2D eigenvalue weighted by atomic mass is 10.0. The fraction of sp³-hybridized carbons (Fsp3) is 0.286. The predicted molar refractivity (Wildman–Crippen MR) is 74.7 cm³/mol. The molecular formula is C14H14BrFN2O. The highest BCUT2D eigenvalue weighted by Crippen LogP contribution is 2.20. The van der Waals surface area contributed by atoms with Crippen molar-refractivity contribution >= 4 is 21.7 Å². The van der Waals surface area contributed by atoms with Crippen molar-refractivity contribution < 1.29 is 9.18 Å². The molecule has 0 bridgehead atoms. The summed E-state index contributed by atoms with van der Waals surface area (Å²) in [4.78, 5) is 12.0. The number of rotatable bonds is 5. The van der Waals surface area contributed by atoms with Crippen LogP contribution in [0.15, 0.2) is 35.1 Å². The van der Waals surface area contributed by atoms with Crippen LogP contribution in [0.4, 0.5) is 4.39 Å². The van der Waals surface area contributed by atoms with E-state index < -0.39 is 0 Å². The molecule has 0 aliphatic carbocycles. The molecule has 0 spiro atoms. The Morgan fingerprint density at radius 3 is 2.89 bits per heavy atom. The average Bonchev–Trinajstić information content (AvgIpc) is 2.84. The second-order valence-corrected chi connectivity index (χ2v) is 5.11. The number of aromatic nitrogens is 2. The maximum atomic E-state index is 13.0. The molecule has 2 aromatic rings. The minimum atomic E-state index is -0.354. The van der Waals surface area contributed by atoms with Gasteiger partial charge in [0.25, 0.3) is 0 Å². The van der Waals surface area contributed by atoms with Crippen LogP contribution in [0.1, 0.15) is 29.3 Å². The van der Waals surface area contributed by atoms with Crippen LogP contribution in [0.3, 0.4) is 0 Å².